The van der Waals surface area contributed by atoms with Gasteiger partial charge in [-0.05, 0) is 221 Å². The zero-order valence-corrected chi connectivity index (χ0v) is 48.4. The molecule has 0 N–H and O–H groups in total. The van der Waals surface area contributed by atoms with Crippen LogP contribution in [0.5, 0.6) is 0 Å². The van der Waals surface area contributed by atoms with Gasteiger partial charge in [0.05, 0.1) is 16.6 Å². The van der Waals surface area contributed by atoms with Gasteiger partial charge in [-0.2, -0.15) is 0 Å². The summed E-state index contributed by atoms with van der Waals surface area (Å²) < 4.78 is 5.39. The van der Waals surface area contributed by atoms with E-state index in [-0.39, 0.29) is 12.6 Å². The quantitative estimate of drug-likeness (QED) is 0.121. The molecule has 13 aromatic carbocycles. The smallest absolute Gasteiger partial charge is 0.252 e. The van der Waals surface area contributed by atoms with Crippen LogP contribution in [0.4, 0.5) is 0 Å². The maximum Gasteiger partial charge on any atom is 0.252 e. The molecule has 0 bridgehead atoms. The van der Waals surface area contributed by atoms with E-state index in [4.69, 9.17) is 0 Å². The summed E-state index contributed by atoms with van der Waals surface area (Å²) in [6, 6.07) is 73.9. The van der Waals surface area contributed by atoms with Crippen LogP contribution < -0.4 is 16.4 Å². The number of aromatic nitrogens is 2. The van der Waals surface area contributed by atoms with E-state index in [0.29, 0.717) is 0 Å². The van der Waals surface area contributed by atoms with Gasteiger partial charge in [-0.1, -0.05) is 212 Å². The van der Waals surface area contributed by atoms with Crippen molar-refractivity contribution < 1.29 is 0 Å². The molecule has 1 unspecified atom stereocenters. The van der Waals surface area contributed by atoms with Crippen LogP contribution in [-0.4, -0.2) is 15.8 Å². The zero-order chi connectivity index (χ0) is 57.2. The third-order valence-electron chi connectivity index (χ3n) is 22.3. The number of hydrogen-bond acceptors (Lipinski definition) is 0. The molecule has 406 valence electrons. The summed E-state index contributed by atoms with van der Waals surface area (Å²) in [7, 11) is 0. The van der Waals surface area contributed by atoms with Gasteiger partial charge in [-0.3, -0.25) is 0 Å². The number of benzene rings is 13. The lowest BCUT2D eigenvalue weighted by atomic mass is 9.34. The van der Waals surface area contributed by atoms with Crippen LogP contribution in [0.25, 0.3) is 159 Å². The van der Waals surface area contributed by atoms with E-state index in [2.05, 4.69) is 264 Å². The molecule has 89 heavy (non-hydrogen) atoms. The molecule has 0 spiro atoms. The highest BCUT2D eigenvalue weighted by atomic mass is 15.0. The summed E-state index contributed by atoms with van der Waals surface area (Å²) in [5.41, 5.74) is 29.6. The molecule has 0 radical (unpaired) electrons. The van der Waals surface area contributed by atoms with Crippen molar-refractivity contribution in [2.45, 2.75) is 19.3 Å². The van der Waals surface area contributed by atoms with Gasteiger partial charge in [0.2, 0.25) is 0 Å². The summed E-state index contributed by atoms with van der Waals surface area (Å²) in [5.74, 6) is 0.199. The lowest BCUT2D eigenvalue weighted by molar-refractivity contribution is 0.835. The minimum atomic E-state index is -0.0907. The van der Waals surface area contributed by atoms with Crippen molar-refractivity contribution in [3.05, 3.63) is 299 Å². The fraction of sp³-hybridized carbons (Fsp3) is 0.0465. The predicted octanol–water partition coefficient (Wildman–Crippen LogP) is 19.8. The Morgan fingerprint density at radius 3 is 1.88 bits per heavy atom. The molecule has 23 rings (SSSR count). The molecule has 4 heterocycles. The molecular formula is C86H49BN2. The first kappa shape index (κ1) is 46.3. The Hall–Kier alpha value is -11.0. The van der Waals surface area contributed by atoms with Crippen LogP contribution in [-0.2, 0) is 6.42 Å². The summed E-state index contributed by atoms with van der Waals surface area (Å²) in [5, 5.41) is 23.6. The first-order valence-electron chi connectivity index (χ1n) is 31.9. The van der Waals surface area contributed by atoms with Gasteiger partial charge in [-0.15, -0.1) is 0 Å². The Morgan fingerprint density at radius 1 is 0.393 bits per heavy atom. The van der Waals surface area contributed by atoms with Crippen molar-refractivity contribution in [1.29, 1.82) is 0 Å². The van der Waals surface area contributed by atoms with Crippen molar-refractivity contribution in [2.75, 3.05) is 0 Å². The van der Waals surface area contributed by atoms with E-state index in [0.717, 1.165) is 19.3 Å². The second-order valence-electron chi connectivity index (χ2n) is 26.3. The van der Waals surface area contributed by atoms with Gasteiger partial charge >= 0.3 is 0 Å². The van der Waals surface area contributed by atoms with Gasteiger partial charge in [0.15, 0.2) is 0 Å². The molecule has 8 aliphatic rings. The number of rotatable bonds is 2. The lowest BCUT2D eigenvalue weighted by Crippen LogP contribution is -2.59. The average molecular weight is 1120 g/mol. The molecule has 0 saturated heterocycles. The highest BCUT2D eigenvalue weighted by Gasteiger charge is 2.43. The SMILES string of the molecule is C1=CC2=C3C(=CC=C4C=CC(c5cc6c7c(c5)c5cc(-c8ccc9c%10c%11c(ccc8%10)C=CCC%11=CC9)ccc5n7-c5cccc7c5B6c5cc6c8ccccc8c8ccccc8c6c6c8cc9c%10ccccc%10c%10ccccc%10c9cc8n-7c56)=C(C=C2)C43)C1. The van der Waals surface area contributed by atoms with Gasteiger partial charge in [0.25, 0.3) is 6.71 Å². The maximum absolute atomic E-state index is 2.71. The van der Waals surface area contributed by atoms with E-state index < -0.39 is 0 Å². The molecule has 0 amide bonds. The summed E-state index contributed by atoms with van der Waals surface area (Å²) in [4.78, 5) is 0. The minimum absolute atomic E-state index is 0.0907. The zero-order valence-electron chi connectivity index (χ0n) is 48.4. The predicted molar refractivity (Wildman–Crippen MR) is 379 cm³/mol. The maximum atomic E-state index is 2.71. The Bertz CT molecular complexity index is 6420. The van der Waals surface area contributed by atoms with Gasteiger partial charge in [-0.25, -0.2) is 0 Å². The third kappa shape index (κ3) is 5.61. The molecule has 3 heteroatoms. The molecule has 2 aliphatic heterocycles. The summed E-state index contributed by atoms with van der Waals surface area (Å²) in [6.45, 7) is -0.0907. The molecule has 15 aromatic rings. The Balaban J connectivity index is 0.879. The summed E-state index contributed by atoms with van der Waals surface area (Å²) in [6.07, 6.45) is 29.3. The number of allylic oxidation sites excluding steroid dienone is 17. The van der Waals surface area contributed by atoms with E-state index >= 15 is 0 Å². The first-order valence-corrected chi connectivity index (χ1v) is 31.9. The molecule has 2 aromatic heterocycles. The molecule has 6 aliphatic carbocycles. The lowest BCUT2D eigenvalue weighted by Gasteiger charge is -2.37. The fourth-order valence-electron chi connectivity index (χ4n) is 18.8. The summed E-state index contributed by atoms with van der Waals surface area (Å²) >= 11 is 0. The molecule has 2 nitrogen and oxygen atoms in total. The standard InChI is InChI=1S/C86H49BN2/c1-4-20-60-56(16-1)57-17-2-5-21-61(57)67-45-77-71(43-66(60)67)83-82-63-23-8-7-19-59(63)58-18-3-6-22-62(58)69(82)44-73-86(83)89(77)76-25-11-24-75-84(76)87(73)72-42-53(55-36-31-51-29-27-47-13-10-15-49-33-38-65(55)81(51)79(47)49)41-70-68-40-52(34-39-74(68)88(75)85(70)72)54-35-30-50-28-26-46-12-9-14-48-32-37-64(54)80(50)78(46)48/h1-11,14-27,29-45,81H,12-13,28H2. The number of fused-ring (bicyclic) bond motifs is 23. The van der Waals surface area contributed by atoms with Crippen LogP contribution in [0.2, 0.25) is 0 Å². The number of hydrogen-bond donors (Lipinski definition) is 0. The number of nitrogens with zero attached hydrogens (tertiary/aromatic N) is 2. The monoisotopic (exact) mass is 1120 g/mol. The first-order chi connectivity index (χ1) is 44.2. The average Bonchev–Trinajstić information content (AvgIpc) is 1.57. The fourth-order valence-corrected chi connectivity index (χ4v) is 18.8. The topological polar surface area (TPSA) is 9.86 Å². The van der Waals surface area contributed by atoms with Crippen molar-refractivity contribution in [2.24, 2.45) is 5.92 Å². The van der Waals surface area contributed by atoms with Gasteiger partial charge in [0, 0.05) is 49.7 Å². The van der Waals surface area contributed by atoms with Gasteiger partial charge < -0.3 is 9.13 Å². The van der Waals surface area contributed by atoms with E-state index in [1.807, 2.05) is 0 Å². The van der Waals surface area contributed by atoms with Crippen LogP contribution >= 0.6 is 0 Å². The molecule has 1 atom stereocenters. The van der Waals surface area contributed by atoms with Crippen LogP contribution in [0.1, 0.15) is 35.1 Å². The van der Waals surface area contributed by atoms with Crippen molar-refractivity contribution in [3.63, 3.8) is 0 Å². The molecule has 0 fully saturated rings. The minimum Gasteiger partial charge on any atom is -0.310 e. The Labute approximate surface area is 512 Å². The Morgan fingerprint density at radius 2 is 1.08 bits per heavy atom. The van der Waals surface area contributed by atoms with Crippen molar-refractivity contribution in [3.8, 4) is 22.5 Å². The molecular weight excluding hydrogens is 1070 g/mol. The van der Waals surface area contributed by atoms with Crippen LogP contribution in [0, 0.1) is 5.92 Å². The second-order valence-corrected chi connectivity index (χ2v) is 26.3. The van der Waals surface area contributed by atoms with E-state index in [1.54, 1.807) is 0 Å². The molecule has 0 saturated carbocycles. The largest absolute Gasteiger partial charge is 0.310 e. The normalized spacial score (nSPS) is 17.1. The van der Waals surface area contributed by atoms with Gasteiger partial charge in [0.1, 0.15) is 0 Å². The van der Waals surface area contributed by atoms with Crippen LogP contribution in [0.15, 0.2) is 277 Å². The van der Waals surface area contributed by atoms with E-state index in [1.165, 1.54) is 219 Å². The Kier molecular flexibility index (Phi) is 8.39. The highest BCUT2D eigenvalue weighted by Crippen LogP contribution is 2.53. The van der Waals surface area contributed by atoms with Crippen molar-refractivity contribution >= 4 is 159 Å². The van der Waals surface area contributed by atoms with Crippen molar-refractivity contribution in [1.82, 2.24) is 9.13 Å². The second kappa shape index (κ2) is 16.1. The third-order valence-corrected chi connectivity index (χ3v) is 22.3. The van der Waals surface area contributed by atoms with E-state index in [9.17, 15) is 0 Å². The van der Waals surface area contributed by atoms with Crippen LogP contribution in [0.3, 0.4) is 0 Å². The highest BCUT2D eigenvalue weighted by molar-refractivity contribution is 7.00.